The Hall–Kier alpha value is -1.37. The van der Waals surface area contributed by atoms with E-state index in [9.17, 15) is 4.79 Å². The number of esters is 1. The lowest BCUT2D eigenvalue weighted by molar-refractivity contribution is 0.0606. The summed E-state index contributed by atoms with van der Waals surface area (Å²) in [7, 11) is 1.35. The number of halogens is 1. The van der Waals surface area contributed by atoms with Gasteiger partial charge in [0.1, 0.15) is 4.88 Å². The van der Waals surface area contributed by atoms with Crippen molar-refractivity contribution < 1.29 is 9.53 Å². The van der Waals surface area contributed by atoms with Crippen LogP contribution >= 0.6 is 35.2 Å². The lowest BCUT2D eigenvalue weighted by Gasteiger charge is -2.17. The van der Waals surface area contributed by atoms with E-state index in [1.165, 1.54) is 31.3 Å². The zero-order valence-electron chi connectivity index (χ0n) is 15.5. The van der Waals surface area contributed by atoms with Gasteiger partial charge in [-0.25, -0.2) is 4.79 Å². The van der Waals surface area contributed by atoms with E-state index in [-0.39, 0.29) is 0 Å². The van der Waals surface area contributed by atoms with Crippen molar-refractivity contribution in [2.24, 2.45) is 5.92 Å². The minimum Gasteiger partial charge on any atom is -0.465 e. The Kier molecular flexibility index (Phi) is 7.68. The highest BCUT2D eigenvalue weighted by atomic mass is 35.5. The van der Waals surface area contributed by atoms with Crippen molar-refractivity contribution in [1.82, 2.24) is 5.32 Å². The van der Waals surface area contributed by atoms with Gasteiger partial charge in [-0.2, -0.15) is 0 Å². The number of anilines is 1. The maximum absolute atomic E-state index is 11.8. The molecule has 1 unspecified atom stereocenters. The van der Waals surface area contributed by atoms with E-state index in [0.717, 1.165) is 28.1 Å². The quantitative estimate of drug-likeness (QED) is 0.441. The number of fused-ring (bicyclic) bond motifs is 1. The minimum absolute atomic E-state index is 0.319. The molecular formula is C19H25ClN2O2S2. The van der Waals surface area contributed by atoms with Gasteiger partial charge < -0.3 is 15.4 Å². The third-order valence-corrected chi connectivity index (χ3v) is 5.91. The van der Waals surface area contributed by atoms with Crippen LogP contribution in [0, 0.1) is 5.92 Å². The molecule has 26 heavy (non-hydrogen) atoms. The second-order valence-electron chi connectivity index (χ2n) is 6.77. The van der Waals surface area contributed by atoms with E-state index in [4.69, 9.17) is 28.6 Å². The number of methoxy groups -OCH3 is 1. The molecule has 2 N–H and O–H groups in total. The molecule has 0 bridgehead atoms. The van der Waals surface area contributed by atoms with Gasteiger partial charge in [-0.3, -0.25) is 0 Å². The second kappa shape index (κ2) is 9.53. The van der Waals surface area contributed by atoms with Crippen molar-refractivity contribution in [2.75, 3.05) is 12.4 Å². The summed E-state index contributed by atoms with van der Waals surface area (Å²) >= 11 is 13.0. The Labute approximate surface area is 169 Å². The summed E-state index contributed by atoms with van der Waals surface area (Å²) in [6.07, 6.45) is 3.50. The molecule has 0 aliphatic rings. The van der Waals surface area contributed by atoms with Crippen molar-refractivity contribution in [3.63, 3.8) is 0 Å². The molecule has 1 atom stereocenters. The molecule has 0 radical (unpaired) electrons. The summed E-state index contributed by atoms with van der Waals surface area (Å²) in [6, 6.07) is 6.05. The molecule has 0 amide bonds. The molecule has 1 heterocycles. The fourth-order valence-corrected chi connectivity index (χ4v) is 4.45. The number of thiophene rings is 1. The van der Waals surface area contributed by atoms with E-state index in [0.29, 0.717) is 21.1 Å². The van der Waals surface area contributed by atoms with Gasteiger partial charge in [0.25, 0.3) is 0 Å². The van der Waals surface area contributed by atoms with Crippen LogP contribution in [0.1, 0.15) is 49.7 Å². The summed E-state index contributed by atoms with van der Waals surface area (Å²) in [6.45, 7) is 6.62. The van der Waals surface area contributed by atoms with Crippen LogP contribution in [0.2, 0.25) is 5.02 Å². The van der Waals surface area contributed by atoms with E-state index in [1.807, 2.05) is 18.2 Å². The van der Waals surface area contributed by atoms with Crippen LogP contribution in [-0.4, -0.2) is 24.2 Å². The average molecular weight is 413 g/mol. The predicted molar refractivity (Wildman–Crippen MR) is 116 cm³/mol. The number of rotatable bonds is 7. The second-order valence-corrected chi connectivity index (χ2v) is 8.61. The Bertz CT molecular complexity index is 789. The van der Waals surface area contributed by atoms with Crippen LogP contribution in [0.15, 0.2) is 18.2 Å². The van der Waals surface area contributed by atoms with Crippen LogP contribution in [0.3, 0.4) is 0 Å². The maximum Gasteiger partial charge on any atom is 0.349 e. The van der Waals surface area contributed by atoms with Gasteiger partial charge in [0.2, 0.25) is 0 Å². The largest absolute Gasteiger partial charge is 0.465 e. The fourth-order valence-electron chi connectivity index (χ4n) is 2.66. The predicted octanol–water partition coefficient (Wildman–Crippen LogP) is 5.84. The topological polar surface area (TPSA) is 50.4 Å². The normalized spacial score (nSPS) is 12.2. The first-order valence-electron chi connectivity index (χ1n) is 8.69. The van der Waals surface area contributed by atoms with Crippen LogP contribution in [-0.2, 0) is 4.74 Å². The Morgan fingerprint density at radius 1 is 1.31 bits per heavy atom. The smallest absolute Gasteiger partial charge is 0.349 e. The molecule has 0 aliphatic carbocycles. The highest BCUT2D eigenvalue weighted by molar-refractivity contribution is 7.80. The fraction of sp³-hybridized carbons (Fsp3) is 0.474. The van der Waals surface area contributed by atoms with E-state index >= 15 is 0 Å². The highest BCUT2D eigenvalue weighted by Crippen LogP contribution is 2.37. The number of ether oxygens (including phenoxy) is 1. The Morgan fingerprint density at radius 3 is 2.69 bits per heavy atom. The minimum atomic E-state index is -0.418. The van der Waals surface area contributed by atoms with Gasteiger partial charge in [0.05, 0.1) is 12.1 Å². The number of carbonyl (C=O) groups is 1. The molecule has 0 spiro atoms. The maximum atomic E-state index is 11.8. The lowest BCUT2D eigenvalue weighted by Crippen LogP contribution is -2.35. The molecule has 0 saturated carbocycles. The number of hydrogen-bond acceptors (Lipinski definition) is 4. The van der Waals surface area contributed by atoms with Crippen molar-refractivity contribution in [1.29, 1.82) is 0 Å². The number of carbonyl (C=O) groups excluding carboxylic acids is 1. The first-order valence-corrected chi connectivity index (χ1v) is 10.3. The first kappa shape index (κ1) is 20.9. The SMILES string of the molecule is COC(=O)c1sc2cc(NC(=S)NC(C)CCCC(C)C)ccc2c1Cl. The van der Waals surface area contributed by atoms with E-state index in [1.54, 1.807) is 0 Å². The summed E-state index contributed by atoms with van der Waals surface area (Å²) in [5.41, 5.74) is 0.860. The van der Waals surface area contributed by atoms with E-state index in [2.05, 4.69) is 31.4 Å². The molecule has 2 aromatic rings. The van der Waals surface area contributed by atoms with Gasteiger partial charge in [0, 0.05) is 21.8 Å². The third-order valence-electron chi connectivity index (χ3n) is 4.05. The van der Waals surface area contributed by atoms with Gasteiger partial charge in [-0.1, -0.05) is 38.3 Å². The monoisotopic (exact) mass is 412 g/mol. The summed E-state index contributed by atoms with van der Waals surface area (Å²) in [5.74, 6) is 0.310. The lowest BCUT2D eigenvalue weighted by atomic mass is 10.0. The van der Waals surface area contributed by atoms with Crippen LogP contribution in [0.4, 0.5) is 5.69 Å². The standard InChI is InChI=1S/C19H25ClN2O2S2/c1-11(2)6-5-7-12(3)21-19(25)22-13-8-9-14-15(10-13)26-17(16(14)20)18(23)24-4/h8-12H,5-7H2,1-4H3,(H2,21,22,25). The molecular weight excluding hydrogens is 388 g/mol. The zero-order chi connectivity index (χ0) is 19.3. The molecule has 4 nitrogen and oxygen atoms in total. The molecule has 0 saturated heterocycles. The van der Waals surface area contributed by atoms with Gasteiger partial charge in [0.15, 0.2) is 5.11 Å². The van der Waals surface area contributed by atoms with Crippen molar-refractivity contribution in [2.45, 2.75) is 46.1 Å². The molecule has 0 fully saturated rings. The molecule has 7 heteroatoms. The number of thiocarbonyl (C=S) groups is 1. The molecule has 1 aromatic heterocycles. The highest BCUT2D eigenvalue weighted by Gasteiger charge is 2.17. The molecule has 1 aromatic carbocycles. The van der Waals surface area contributed by atoms with Crippen LogP contribution < -0.4 is 10.6 Å². The first-order chi connectivity index (χ1) is 12.3. The van der Waals surface area contributed by atoms with Crippen molar-refractivity contribution >= 4 is 62.0 Å². The summed E-state index contributed by atoms with van der Waals surface area (Å²) < 4.78 is 5.68. The third kappa shape index (κ3) is 5.56. The number of nitrogens with one attached hydrogen (secondary N) is 2. The van der Waals surface area contributed by atoms with E-state index < -0.39 is 5.97 Å². The molecule has 0 aliphatic heterocycles. The summed E-state index contributed by atoms with van der Waals surface area (Å²) in [5, 5.41) is 8.39. The molecule has 2 rings (SSSR count). The van der Waals surface area contributed by atoms with Crippen molar-refractivity contribution in [3.05, 3.63) is 28.1 Å². The molecule has 142 valence electrons. The average Bonchev–Trinajstić information content (AvgIpc) is 2.90. The Balaban J connectivity index is 1.99. The van der Waals surface area contributed by atoms with Gasteiger partial charge in [-0.05, 0) is 49.7 Å². The number of benzene rings is 1. The van der Waals surface area contributed by atoms with Gasteiger partial charge >= 0.3 is 5.97 Å². The van der Waals surface area contributed by atoms with Gasteiger partial charge in [-0.15, -0.1) is 11.3 Å². The number of hydrogen-bond donors (Lipinski definition) is 2. The zero-order valence-corrected chi connectivity index (χ0v) is 17.9. The Morgan fingerprint density at radius 2 is 2.04 bits per heavy atom. The summed E-state index contributed by atoms with van der Waals surface area (Å²) in [4.78, 5) is 12.2. The van der Waals surface area contributed by atoms with Crippen LogP contribution in [0.5, 0.6) is 0 Å². The van der Waals surface area contributed by atoms with Crippen LogP contribution in [0.25, 0.3) is 10.1 Å². The van der Waals surface area contributed by atoms with Crippen molar-refractivity contribution in [3.8, 4) is 0 Å².